The molecule has 21 heavy (non-hydrogen) atoms. The summed E-state index contributed by atoms with van der Waals surface area (Å²) in [5.41, 5.74) is 3.30. The van der Waals surface area contributed by atoms with Crippen molar-refractivity contribution in [2.75, 3.05) is 13.6 Å². The molecule has 1 atom stereocenters. The normalized spacial score (nSPS) is 17.2. The first-order chi connectivity index (χ1) is 9.88. The lowest BCUT2D eigenvalue weighted by atomic mass is 9.87. The largest absolute Gasteiger partial charge is 0.314 e. The van der Waals surface area contributed by atoms with Crippen molar-refractivity contribution >= 4 is 0 Å². The van der Waals surface area contributed by atoms with Gasteiger partial charge in [-0.25, -0.2) is 0 Å². The highest BCUT2D eigenvalue weighted by Crippen LogP contribution is 2.25. The standard InChI is InChI=1S/C19H32N2/c1-15(19(2,3)4)21(5)14-17-9-7-6-8-16(17)12-13-20-18-10-11-18/h6-9,15,18,20H,10-14H2,1-5H3. The minimum atomic E-state index is 0.317. The van der Waals surface area contributed by atoms with E-state index in [0.29, 0.717) is 11.5 Å². The molecule has 2 rings (SSSR count). The van der Waals surface area contributed by atoms with E-state index in [-0.39, 0.29) is 0 Å². The Morgan fingerprint density at radius 1 is 1.19 bits per heavy atom. The van der Waals surface area contributed by atoms with Gasteiger partial charge in [-0.1, -0.05) is 45.0 Å². The lowest BCUT2D eigenvalue weighted by molar-refractivity contribution is 0.134. The summed E-state index contributed by atoms with van der Waals surface area (Å²) in [4.78, 5) is 2.48. The third kappa shape index (κ3) is 5.12. The van der Waals surface area contributed by atoms with Crippen LogP contribution in [0.2, 0.25) is 0 Å². The molecule has 1 N–H and O–H groups in total. The Hall–Kier alpha value is -0.860. The Morgan fingerprint density at radius 2 is 1.81 bits per heavy atom. The van der Waals surface area contributed by atoms with E-state index >= 15 is 0 Å². The molecular formula is C19H32N2. The van der Waals surface area contributed by atoms with Gasteiger partial charge in [0.05, 0.1) is 0 Å². The number of nitrogens with zero attached hydrogens (tertiary/aromatic N) is 1. The van der Waals surface area contributed by atoms with Gasteiger partial charge in [0.2, 0.25) is 0 Å². The van der Waals surface area contributed by atoms with Gasteiger partial charge in [-0.15, -0.1) is 0 Å². The van der Waals surface area contributed by atoms with Crippen LogP contribution in [-0.2, 0) is 13.0 Å². The van der Waals surface area contributed by atoms with Gasteiger partial charge in [-0.3, -0.25) is 4.90 Å². The van der Waals surface area contributed by atoms with Crippen LogP contribution in [0.1, 0.15) is 51.7 Å². The van der Waals surface area contributed by atoms with Crippen molar-refractivity contribution in [1.82, 2.24) is 10.2 Å². The Bertz CT molecular complexity index is 443. The summed E-state index contributed by atoms with van der Waals surface area (Å²) in [6.45, 7) is 11.4. The van der Waals surface area contributed by atoms with Crippen molar-refractivity contribution in [3.63, 3.8) is 0 Å². The second-order valence-electron chi connectivity index (χ2n) is 7.70. The summed E-state index contributed by atoms with van der Waals surface area (Å²) in [5, 5.41) is 3.62. The molecule has 1 aliphatic carbocycles. The minimum absolute atomic E-state index is 0.317. The number of benzene rings is 1. The van der Waals surface area contributed by atoms with E-state index in [2.05, 4.69) is 69.2 Å². The van der Waals surface area contributed by atoms with Crippen molar-refractivity contribution in [2.45, 2.75) is 65.6 Å². The van der Waals surface area contributed by atoms with E-state index in [4.69, 9.17) is 0 Å². The Balaban J connectivity index is 1.94. The fourth-order valence-corrected chi connectivity index (χ4v) is 2.72. The second-order valence-corrected chi connectivity index (χ2v) is 7.70. The van der Waals surface area contributed by atoms with Gasteiger partial charge in [-0.2, -0.15) is 0 Å². The highest BCUT2D eigenvalue weighted by molar-refractivity contribution is 5.27. The molecule has 1 fully saturated rings. The summed E-state index contributed by atoms with van der Waals surface area (Å²) in [7, 11) is 2.25. The second kappa shape index (κ2) is 6.93. The summed E-state index contributed by atoms with van der Waals surface area (Å²) in [5.74, 6) is 0. The molecule has 0 radical (unpaired) electrons. The monoisotopic (exact) mass is 288 g/mol. The third-order valence-electron chi connectivity index (χ3n) is 4.86. The molecule has 1 saturated carbocycles. The fourth-order valence-electron chi connectivity index (χ4n) is 2.72. The third-order valence-corrected chi connectivity index (χ3v) is 4.86. The highest BCUT2D eigenvalue weighted by Gasteiger charge is 2.24. The highest BCUT2D eigenvalue weighted by atomic mass is 15.1. The average Bonchev–Trinajstić information content (AvgIpc) is 3.23. The zero-order valence-corrected chi connectivity index (χ0v) is 14.4. The van der Waals surface area contributed by atoms with Gasteiger partial charge >= 0.3 is 0 Å². The molecule has 0 bridgehead atoms. The Labute approximate surface area is 130 Å². The molecule has 1 aromatic rings. The summed E-state index contributed by atoms with van der Waals surface area (Å²) in [6.07, 6.45) is 3.88. The van der Waals surface area contributed by atoms with Gasteiger partial charge in [0.25, 0.3) is 0 Å². The van der Waals surface area contributed by atoms with E-state index in [1.807, 2.05) is 0 Å². The molecule has 1 aliphatic rings. The quantitative estimate of drug-likeness (QED) is 0.820. The molecular weight excluding hydrogens is 256 g/mol. The topological polar surface area (TPSA) is 15.3 Å². The first-order valence-electron chi connectivity index (χ1n) is 8.38. The van der Waals surface area contributed by atoms with Gasteiger partial charge in [0, 0.05) is 18.6 Å². The fraction of sp³-hybridized carbons (Fsp3) is 0.684. The van der Waals surface area contributed by atoms with Gasteiger partial charge < -0.3 is 5.32 Å². The van der Waals surface area contributed by atoms with E-state index in [0.717, 1.165) is 25.6 Å². The molecule has 118 valence electrons. The van der Waals surface area contributed by atoms with E-state index < -0.39 is 0 Å². The Kier molecular flexibility index (Phi) is 5.45. The smallest absolute Gasteiger partial charge is 0.0236 e. The maximum absolute atomic E-state index is 3.62. The van der Waals surface area contributed by atoms with Crippen LogP contribution >= 0.6 is 0 Å². The molecule has 0 amide bonds. The molecule has 0 aromatic heterocycles. The van der Waals surface area contributed by atoms with E-state index in [1.54, 1.807) is 0 Å². The number of hydrogen-bond donors (Lipinski definition) is 1. The van der Waals surface area contributed by atoms with Crippen LogP contribution in [0.25, 0.3) is 0 Å². The molecule has 2 heteroatoms. The predicted molar refractivity (Wildman–Crippen MR) is 91.6 cm³/mol. The van der Waals surface area contributed by atoms with Crippen molar-refractivity contribution in [3.05, 3.63) is 35.4 Å². The van der Waals surface area contributed by atoms with Crippen LogP contribution in [0.5, 0.6) is 0 Å². The minimum Gasteiger partial charge on any atom is -0.314 e. The van der Waals surface area contributed by atoms with Gasteiger partial charge in [-0.05, 0) is 56.3 Å². The maximum Gasteiger partial charge on any atom is 0.0236 e. The molecule has 0 aliphatic heterocycles. The lowest BCUT2D eigenvalue weighted by Crippen LogP contribution is -2.39. The number of nitrogens with one attached hydrogen (secondary N) is 1. The van der Waals surface area contributed by atoms with Gasteiger partial charge in [0.1, 0.15) is 0 Å². The van der Waals surface area contributed by atoms with Crippen LogP contribution in [0.15, 0.2) is 24.3 Å². The van der Waals surface area contributed by atoms with Crippen molar-refractivity contribution < 1.29 is 0 Å². The van der Waals surface area contributed by atoms with Crippen molar-refractivity contribution in [2.24, 2.45) is 5.41 Å². The maximum atomic E-state index is 3.62. The lowest BCUT2D eigenvalue weighted by Gasteiger charge is -2.35. The van der Waals surface area contributed by atoms with Gasteiger partial charge in [0.15, 0.2) is 0 Å². The zero-order valence-electron chi connectivity index (χ0n) is 14.4. The predicted octanol–water partition coefficient (Wildman–Crippen LogP) is 3.85. The van der Waals surface area contributed by atoms with Crippen LogP contribution in [0, 0.1) is 5.41 Å². The number of hydrogen-bond acceptors (Lipinski definition) is 2. The van der Waals surface area contributed by atoms with Crippen LogP contribution < -0.4 is 5.32 Å². The zero-order chi connectivity index (χ0) is 15.5. The first kappa shape index (κ1) is 16.5. The summed E-state index contributed by atoms with van der Waals surface area (Å²) >= 11 is 0. The van der Waals surface area contributed by atoms with Crippen LogP contribution in [0.4, 0.5) is 0 Å². The van der Waals surface area contributed by atoms with Crippen LogP contribution in [-0.4, -0.2) is 30.6 Å². The van der Waals surface area contributed by atoms with Crippen molar-refractivity contribution in [1.29, 1.82) is 0 Å². The number of rotatable bonds is 7. The van der Waals surface area contributed by atoms with Crippen LogP contribution in [0.3, 0.4) is 0 Å². The molecule has 0 spiro atoms. The molecule has 1 unspecified atom stereocenters. The molecule has 0 heterocycles. The molecule has 0 saturated heterocycles. The first-order valence-corrected chi connectivity index (χ1v) is 8.38. The summed E-state index contributed by atoms with van der Waals surface area (Å²) in [6, 6.07) is 10.3. The van der Waals surface area contributed by atoms with Crippen molar-refractivity contribution in [3.8, 4) is 0 Å². The summed E-state index contributed by atoms with van der Waals surface area (Å²) < 4.78 is 0. The molecule has 2 nitrogen and oxygen atoms in total. The Morgan fingerprint density at radius 3 is 2.38 bits per heavy atom. The average molecular weight is 288 g/mol. The SMILES string of the molecule is CC(N(C)Cc1ccccc1CCNC1CC1)C(C)(C)C. The molecule has 1 aromatic carbocycles. The van der Waals surface area contributed by atoms with E-state index in [1.165, 1.54) is 24.0 Å². The van der Waals surface area contributed by atoms with E-state index in [9.17, 15) is 0 Å².